The summed E-state index contributed by atoms with van der Waals surface area (Å²) in [6, 6.07) is 5.52. The molecule has 2 aromatic rings. The Kier molecular flexibility index (Phi) is 7.59. The van der Waals surface area contributed by atoms with Gasteiger partial charge in [-0.25, -0.2) is 19.4 Å². The highest BCUT2D eigenvalue weighted by molar-refractivity contribution is 8.15. The number of hydrazone groups is 1. The SMILES string of the molecule is O=C1CSC(c2ccc(N3C[C@H](CN(C(=O)OCC(Cl)(Cl)Cl)c4ccon4)OC3=O)cc2F)=NN1. The molecule has 0 spiro atoms. The van der Waals surface area contributed by atoms with Gasteiger partial charge < -0.3 is 14.0 Å². The monoisotopic (exact) mass is 565 g/mol. The van der Waals surface area contributed by atoms with Crippen LogP contribution in [0.5, 0.6) is 0 Å². The topological polar surface area (TPSA) is 127 Å². The third kappa shape index (κ3) is 6.28. The second-order valence-electron chi connectivity index (χ2n) is 7.16. The van der Waals surface area contributed by atoms with E-state index in [0.717, 1.165) is 22.7 Å². The fourth-order valence-corrected chi connectivity index (χ4v) is 4.08. The summed E-state index contributed by atoms with van der Waals surface area (Å²) < 4.78 is 28.1. The summed E-state index contributed by atoms with van der Waals surface area (Å²) in [4.78, 5) is 38.6. The molecule has 0 aliphatic carbocycles. The molecule has 1 fully saturated rings. The first-order valence-corrected chi connectivity index (χ1v) is 11.9. The number of hydrogen-bond acceptors (Lipinski definition) is 9. The molecule has 1 atom stereocenters. The van der Waals surface area contributed by atoms with Gasteiger partial charge in [-0.1, -0.05) is 51.7 Å². The van der Waals surface area contributed by atoms with Gasteiger partial charge in [-0.15, -0.1) is 0 Å². The largest absolute Gasteiger partial charge is 0.445 e. The molecule has 2 aliphatic rings. The van der Waals surface area contributed by atoms with Crippen molar-refractivity contribution in [2.75, 3.05) is 35.2 Å². The van der Waals surface area contributed by atoms with Crippen LogP contribution >= 0.6 is 46.6 Å². The molecule has 1 N–H and O–H groups in total. The van der Waals surface area contributed by atoms with Crippen LogP contribution in [0, 0.1) is 5.82 Å². The van der Waals surface area contributed by atoms with Crippen LogP contribution in [0.2, 0.25) is 0 Å². The van der Waals surface area contributed by atoms with Crippen LogP contribution in [0.15, 0.2) is 40.2 Å². The summed E-state index contributed by atoms with van der Waals surface area (Å²) in [7, 11) is 0. The van der Waals surface area contributed by atoms with E-state index in [0.29, 0.717) is 5.04 Å². The number of hydrogen-bond donors (Lipinski definition) is 1. The lowest BCUT2D eigenvalue weighted by Crippen LogP contribution is -2.40. The number of anilines is 2. The van der Waals surface area contributed by atoms with E-state index in [1.807, 2.05) is 0 Å². The maximum Gasteiger partial charge on any atom is 0.415 e. The first kappa shape index (κ1) is 25.4. The van der Waals surface area contributed by atoms with Crippen molar-refractivity contribution in [3.8, 4) is 0 Å². The number of ether oxygens (including phenoxy) is 2. The lowest BCUT2D eigenvalue weighted by atomic mass is 10.2. The number of thioether (sulfide) groups is 1. The quantitative estimate of drug-likeness (QED) is 0.525. The molecular weight excluding hydrogens is 552 g/mol. The number of rotatable bonds is 6. The molecule has 35 heavy (non-hydrogen) atoms. The van der Waals surface area contributed by atoms with E-state index in [2.05, 4.69) is 15.7 Å². The molecule has 186 valence electrons. The third-order valence-electron chi connectivity index (χ3n) is 4.66. The summed E-state index contributed by atoms with van der Waals surface area (Å²) in [6.07, 6.45) is -1.24. The highest BCUT2D eigenvalue weighted by atomic mass is 35.6. The standard InChI is InChI=1S/C19H15Cl3FN5O6S/c20-19(21,22)9-32-17(30)28(14-3-4-33-26-14)7-11-6-27(18(31)34-11)10-1-2-12(13(23)5-10)16-25-24-15(29)8-35-16/h1-5,11H,6-9H2,(H,24,29)/t11-/m1/s1. The Balaban J connectivity index is 1.46. The minimum absolute atomic E-state index is 0.00450. The zero-order chi connectivity index (χ0) is 25.2. The predicted octanol–water partition coefficient (Wildman–Crippen LogP) is 3.68. The second kappa shape index (κ2) is 10.5. The number of halogens is 4. The number of carbonyl (C=O) groups excluding carboxylic acids is 3. The Morgan fingerprint density at radius 1 is 1.34 bits per heavy atom. The molecule has 4 rings (SSSR count). The van der Waals surface area contributed by atoms with E-state index >= 15 is 0 Å². The molecule has 1 aromatic carbocycles. The predicted molar refractivity (Wildman–Crippen MR) is 127 cm³/mol. The molecule has 0 bridgehead atoms. The van der Waals surface area contributed by atoms with Crippen molar-refractivity contribution in [2.24, 2.45) is 5.10 Å². The number of amides is 3. The summed E-state index contributed by atoms with van der Waals surface area (Å²) in [5, 5.41) is 7.86. The van der Waals surface area contributed by atoms with E-state index in [-0.39, 0.29) is 41.8 Å². The van der Waals surface area contributed by atoms with Gasteiger partial charge >= 0.3 is 12.2 Å². The smallest absolute Gasteiger partial charge is 0.415 e. The van der Waals surface area contributed by atoms with Gasteiger partial charge in [-0.2, -0.15) is 5.10 Å². The number of carbonyl (C=O) groups is 3. The van der Waals surface area contributed by atoms with Crippen LogP contribution in [0.3, 0.4) is 0 Å². The minimum Gasteiger partial charge on any atom is -0.445 e. The van der Waals surface area contributed by atoms with Crippen molar-refractivity contribution in [3.05, 3.63) is 41.9 Å². The second-order valence-corrected chi connectivity index (χ2v) is 10.6. The summed E-state index contributed by atoms with van der Waals surface area (Å²) in [5.41, 5.74) is 2.71. The van der Waals surface area contributed by atoms with Crippen molar-refractivity contribution in [1.82, 2.24) is 10.6 Å². The molecule has 0 unspecified atom stereocenters. The molecular formula is C19H15Cl3FN5O6S. The number of nitrogens with one attached hydrogen (secondary N) is 1. The number of alkyl halides is 3. The molecule has 3 amide bonds. The van der Waals surface area contributed by atoms with Gasteiger partial charge in [0.2, 0.25) is 3.79 Å². The van der Waals surface area contributed by atoms with Gasteiger partial charge in [0.25, 0.3) is 5.91 Å². The van der Waals surface area contributed by atoms with Gasteiger partial charge in [0.15, 0.2) is 5.82 Å². The molecule has 2 aliphatic heterocycles. The Morgan fingerprint density at radius 3 is 2.77 bits per heavy atom. The lowest BCUT2D eigenvalue weighted by molar-refractivity contribution is -0.118. The lowest BCUT2D eigenvalue weighted by Gasteiger charge is -2.22. The molecule has 16 heteroatoms. The summed E-state index contributed by atoms with van der Waals surface area (Å²) in [5.74, 6) is -0.716. The molecule has 0 saturated carbocycles. The Morgan fingerprint density at radius 2 is 2.14 bits per heavy atom. The average Bonchev–Trinajstić information content (AvgIpc) is 3.46. The van der Waals surface area contributed by atoms with Gasteiger partial charge in [0, 0.05) is 11.6 Å². The van der Waals surface area contributed by atoms with E-state index in [9.17, 15) is 18.8 Å². The van der Waals surface area contributed by atoms with E-state index in [4.69, 9.17) is 48.8 Å². The van der Waals surface area contributed by atoms with Crippen LogP contribution in [-0.2, 0) is 14.3 Å². The van der Waals surface area contributed by atoms with Crippen molar-refractivity contribution in [1.29, 1.82) is 0 Å². The normalized spacial score (nSPS) is 18.1. The zero-order valence-corrected chi connectivity index (χ0v) is 20.5. The van der Waals surface area contributed by atoms with Crippen LogP contribution in [0.25, 0.3) is 0 Å². The number of nitrogens with zero attached hydrogens (tertiary/aromatic N) is 4. The van der Waals surface area contributed by atoms with E-state index < -0.39 is 34.5 Å². The van der Waals surface area contributed by atoms with Crippen LogP contribution in [0.1, 0.15) is 5.56 Å². The number of cyclic esters (lactones) is 1. The van der Waals surface area contributed by atoms with E-state index in [1.165, 1.54) is 29.4 Å². The van der Waals surface area contributed by atoms with Crippen LogP contribution < -0.4 is 15.2 Å². The maximum atomic E-state index is 14.8. The Labute approximate surface area is 216 Å². The number of aromatic nitrogens is 1. The average molecular weight is 567 g/mol. The Bertz CT molecular complexity index is 1160. The highest BCUT2D eigenvalue weighted by Gasteiger charge is 2.37. The first-order valence-electron chi connectivity index (χ1n) is 9.79. The van der Waals surface area contributed by atoms with E-state index in [1.54, 1.807) is 0 Å². The maximum absolute atomic E-state index is 14.8. The van der Waals surface area contributed by atoms with Gasteiger partial charge in [-0.05, 0) is 18.2 Å². The van der Waals surface area contributed by atoms with Crippen LogP contribution in [-0.4, -0.2) is 63.6 Å². The molecule has 1 aromatic heterocycles. The van der Waals surface area contributed by atoms with Crippen molar-refractivity contribution in [2.45, 2.75) is 9.90 Å². The van der Waals surface area contributed by atoms with Crippen molar-refractivity contribution in [3.63, 3.8) is 0 Å². The van der Waals surface area contributed by atoms with Crippen LogP contribution in [0.4, 0.5) is 25.5 Å². The van der Waals surface area contributed by atoms with Gasteiger partial charge in [0.1, 0.15) is 29.8 Å². The molecule has 1 saturated heterocycles. The molecule has 0 radical (unpaired) electrons. The van der Waals surface area contributed by atoms with Crippen molar-refractivity contribution < 1.29 is 32.8 Å². The zero-order valence-electron chi connectivity index (χ0n) is 17.5. The Hall–Kier alpha value is -2.74. The van der Waals surface area contributed by atoms with Gasteiger partial charge in [-0.3, -0.25) is 14.6 Å². The molecule has 3 heterocycles. The third-order valence-corrected chi connectivity index (χ3v) is 5.98. The summed E-state index contributed by atoms with van der Waals surface area (Å²) in [6.45, 7) is -0.697. The van der Waals surface area contributed by atoms with Gasteiger partial charge in [0.05, 0.1) is 24.5 Å². The highest BCUT2D eigenvalue weighted by Crippen LogP contribution is 2.29. The summed E-state index contributed by atoms with van der Waals surface area (Å²) >= 11 is 18.0. The fraction of sp³-hybridized carbons (Fsp3) is 0.316. The minimum atomic E-state index is -1.83. The van der Waals surface area contributed by atoms with Crippen molar-refractivity contribution >= 4 is 81.2 Å². The fourth-order valence-electron chi connectivity index (χ4n) is 3.15. The first-order chi connectivity index (χ1) is 16.6. The molecule has 11 nitrogen and oxygen atoms in total. The number of benzene rings is 1.